The summed E-state index contributed by atoms with van der Waals surface area (Å²) >= 11 is 0. The van der Waals surface area contributed by atoms with Crippen molar-refractivity contribution in [3.05, 3.63) is 35.9 Å². The van der Waals surface area contributed by atoms with Gasteiger partial charge < -0.3 is 15.4 Å². The van der Waals surface area contributed by atoms with Gasteiger partial charge in [0.2, 0.25) is 0 Å². The molecule has 2 rings (SSSR count). The van der Waals surface area contributed by atoms with Gasteiger partial charge in [-0.1, -0.05) is 44.2 Å². The van der Waals surface area contributed by atoms with E-state index in [2.05, 4.69) is 10.6 Å². The van der Waals surface area contributed by atoms with Crippen molar-refractivity contribution in [2.45, 2.75) is 51.6 Å². The van der Waals surface area contributed by atoms with Gasteiger partial charge in [-0.05, 0) is 31.7 Å². The average Bonchev–Trinajstić information content (AvgIpc) is 2.97. The molecule has 1 atom stereocenters. The Labute approximate surface area is 175 Å². The number of urea groups is 1. The summed E-state index contributed by atoms with van der Waals surface area (Å²) in [5, 5.41) is 5.15. The Morgan fingerprint density at radius 3 is 2.30 bits per heavy atom. The smallest absolute Gasteiger partial charge is 0.326 e. The second-order valence-electron chi connectivity index (χ2n) is 7.19. The van der Waals surface area contributed by atoms with Crippen molar-refractivity contribution in [3.63, 3.8) is 0 Å². The van der Waals surface area contributed by atoms with E-state index in [9.17, 15) is 24.0 Å². The lowest BCUT2D eigenvalue weighted by Crippen LogP contribution is -2.46. The second kappa shape index (κ2) is 10.00. The van der Waals surface area contributed by atoms with Gasteiger partial charge in [0.05, 0.1) is 6.04 Å². The third-order valence-electron chi connectivity index (χ3n) is 5.21. The molecule has 30 heavy (non-hydrogen) atoms. The summed E-state index contributed by atoms with van der Waals surface area (Å²) in [7, 11) is 0. The van der Waals surface area contributed by atoms with Crippen LogP contribution in [0, 0.1) is 0 Å². The molecule has 0 unspecified atom stereocenters. The number of ether oxygens (including phenoxy) is 1. The predicted octanol–water partition coefficient (Wildman–Crippen LogP) is 0.957. The number of esters is 1. The fourth-order valence-corrected chi connectivity index (χ4v) is 3.25. The number of ketones is 1. The van der Waals surface area contributed by atoms with Gasteiger partial charge in [-0.2, -0.15) is 0 Å². The Morgan fingerprint density at radius 1 is 1.13 bits per heavy atom. The molecule has 0 radical (unpaired) electrons. The molecule has 1 aromatic carbocycles. The highest BCUT2D eigenvalue weighted by atomic mass is 16.5. The largest absolute Gasteiger partial charge is 0.454 e. The summed E-state index contributed by atoms with van der Waals surface area (Å²) in [6.45, 7) is 3.71. The lowest BCUT2D eigenvalue weighted by molar-refractivity contribution is -0.151. The molecule has 1 heterocycles. The lowest BCUT2D eigenvalue weighted by Gasteiger charge is -2.22. The van der Waals surface area contributed by atoms with E-state index in [1.54, 1.807) is 13.8 Å². The summed E-state index contributed by atoms with van der Waals surface area (Å²) in [6.07, 6.45) is 1.11. The molecule has 4 amide bonds. The van der Waals surface area contributed by atoms with E-state index in [0.717, 1.165) is 10.5 Å². The minimum atomic E-state index is -1.01. The molecule has 1 aromatic rings. The van der Waals surface area contributed by atoms with Crippen LogP contribution >= 0.6 is 0 Å². The summed E-state index contributed by atoms with van der Waals surface area (Å²) < 4.78 is 4.89. The van der Waals surface area contributed by atoms with Crippen LogP contribution < -0.4 is 10.6 Å². The van der Waals surface area contributed by atoms with E-state index in [0.29, 0.717) is 19.3 Å². The van der Waals surface area contributed by atoms with Crippen molar-refractivity contribution in [1.29, 1.82) is 0 Å². The maximum atomic E-state index is 12.5. The minimum Gasteiger partial charge on any atom is -0.454 e. The number of amides is 4. The first-order valence-corrected chi connectivity index (χ1v) is 9.86. The normalized spacial score (nSPS) is 16.0. The van der Waals surface area contributed by atoms with Gasteiger partial charge in [0, 0.05) is 0 Å². The number of imide groups is 1. The fraction of sp³-hybridized carbons (Fsp3) is 0.476. The van der Waals surface area contributed by atoms with E-state index in [1.165, 1.54) is 6.92 Å². The van der Waals surface area contributed by atoms with E-state index in [-0.39, 0.29) is 5.78 Å². The number of Topliss-reactive ketones (excluding diaryl/α,β-unsaturated/α-hetero) is 1. The standard InChI is InChI=1S/C21H27N3O6/c1-4-21(5-2)19(28)24(20(29)23-21)12-18(27)30-13-17(26)22-16(14(3)25)11-15-9-7-6-8-10-15/h6-10,16H,4-5,11-13H2,1-3H3,(H,22,26)(H,23,29)/t16-/m0/s1. The number of nitrogens with zero attached hydrogens (tertiary/aromatic N) is 1. The zero-order chi connectivity index (χ0) is 22.3. The fourth-order valence-electron chi connectivity index (χ4n) is 3.25. The number of benzene rings is 1. The highest BCUT2D eigenvalue weighted by Crippen LogP contribution is 2.24. The van der Waals surface area contributed by atoms with Gasteiger partial charge in [-0.15, -0.1) is 0 Å². The maximum absolute atomic E-state index is 12.5. The maximum Gasteiger partial charge on any atom is 0.326 e. The van der Waals surface area contributed by atoms with Crippen molar-refractivity contribution in [2.75, 3.05) is 13.2 Å². The van der Waals surface area contributed by atoms with Crippen LogP contribution in [0.3, 0.4) is 0 Å². The van der Waals surface area contributed by atoms with Gasteiger partial charge >= 0.3 is 12.0 Å². The van der Waals surface area contributed by atoms with Crippen molar-refractivity contribution in [1.82, 2.24) is 15.5 Å². The van der Waals surface area contributed by atoms with E-state index in [1.807, 2.05) is 30.3 Å². The van der Waals surface area contributed by atoms with E-state index in [4.69, 9.17) is 4.74 Å². The van der Waals surface area contributed by atoms with E-state index < -0.39 is 48.5 Å². The van der Waals surface area contributed by atoms with Crippen LogP contribution in [0.2, 0.25) is 0 Å². The van der Waals surface area contributed by atoms with Crippen LogP contribution in [-0.2, 0) is 30.3 Å². The van der Waals surface area contributed by atoms with Gasteiger partial charge in [-0.3, -0.25) is 24.1 Å². The third kappa shape index (κ3) is 5.43. The molecule has 0 bridgehead atoms. The summed E-state index contributed by atoms with van der Waals surface area (Å²) in [4.78, 5) is 61.3. The number of hydrogen-bond acceptors (Lipinski definition) is 6. The van der Waals surface area contributed by atoms with Gasteiger partial charge in [0.25, 0.3) is 11.8 Å². The zero-order valence-corrected chi connectivity index (χ0v) is 17.4. The topological polar surface area (TPSA) is 122 Å². The lowest BCUT2D eigenvalue weighted by atomic mass is 9.93. The van der Waals surface area contributed by atoms with Gasteiger partial charge in [0.1, 0.15) is 12.1 Å². The number of hydrogen-bond donors (Lipinski definition) is 2. The molecule has 0 saturated carbocycles. The van der Waals surface area contributed by atoms with Crippen molar-refractivity contribution in [2.24, 2.45) is 0 Å². The van der Waals surface area contributed by atoms with Crippen LogP contribution in [0.5, 0.6) is 0 Å². The van der Waals surface area contributed by atoms with Gasteiger partial charge in [-0.25, -0.2) is 4.79 Å². The van der Waals surface area contributed by atoms with Gasteiger partial charge in [0.15, 0.2) is 12.4 Å². The molecular formula is C21H27N3O6. The molecule has 1 fully saturated rings. The molecule has 1 aliphatic heterocycles. The molecule has 2 N–H and O–H groups in total. The van der Waals surface area contributed by atoms with Crippen molar-refractivity contribution in [3.8, 4) is 0 Å². The minimum absolute atomic E-state index is 0.228. The Kier molecular flexibility index (Phi) is 7.68. The molecule has 0 aliphatic carbocycles. The Hall–Kier alpha value is -3.23. The first-order valence-electron chi connectivity index (χ1n) is 9.86. The number of carbonyl (C=O) groups is 5. The molecule has 1 saturated heterocycles. The highest BCUT2D eigenvalue weighted by Gasteiger charge is 2.49. The monoisotopic (exact) mass is 417 g/mol. The van der Waals surface area contributed by atoms with Crippen LogP contribution in [0.15, 0.2) is 30.3 Å². The molecular weight excluding hydrogens is 390 g/mol. The van der Waals surface area contributed by atoms with Crippen LogP contribution in [0.4, 0.5) is 4.79 Å². The predicted molar refractivity (Wildman–Crippen MR) is 107 cm³/mol. The van der Waals surface area contributed by atoms with Crippen LogP contribution in [0.25, 0.3) is 0 Å². The Bertz CT molecular complexity index is 819. The quantitative estimate of drug-likeness (QED) is 0.432. The zero-order valence-electron chi connectivity index (χ0n) is 17.4. The second-order valence-corrected chi connectivity index (χ2v) is 7.19. The molecule has 1 aliphatic rings. The SMILES string of the molecule is CCC1(CC)NC(=O)N(CC(=O)OCC(=O)N[C@@H](Cc2ccccc2)C(C)=O)C1=O. The van der Waals surface area contributed by atoms with Crippen LogP contribution in [-0.4, -0.2) is 59.2 Å². The van der Waals surface area contributed by atoms with Crippen molar-refractivity contribution < 1.29 is 28.7 Å². The average molecular weight is 417 g/mol. The summed E-state index contributed by atoms with van der Waals surface area (Å²) in [6, 6.07) is 7.78. The van der Waals surface area contributed by atoms with Crippen LogP contribution in [0.1, 0.15) is 39.2 Å². The molecule has 0 spiro atoms. The Balaban J connectivity index is 1.86. The summed E-state index contributed by atoms with van der Waals surface area (Å²) in [5.41, 5.74) is -0.134. The molecule has 9 heteroatoms. The van der Waals surface area contributed by atoms with Crippen molar-refractivity contribution >= 4 is 29.6 Å². The first-order chi connectivity index (χ1) is 14.2. The third-order valence-corrected chi connectivity index (χ3v) is 5.21. The number of rotatable bonds is 10. The number of carbonyl (C=O) groups excluding carboxylic acids is 5. The number of nitrogens with one attached hydrogen (secondary N) is 2. The highest BCUT2D eigenvalue weighted by molar-refractivity contribution is 6.08. The first kappa shape index (κ1) is 23.1. The molecule has 162 valence electrons. The van der Waals surface area contributed by atoms with E-state index >= 15 is 0 Å². The molecule has 9 nitrogen and oxygen atoms in total. The summed E-state index contributed by atoms with van der Waals surface area (Å²) in [5.74, 6) is -2.25. The Morgan fingerprint density at radius 2 is 1.77 bits per heavy atom. The molecule has 0 aromatic heterocycles.